The fourth-order valence-corrected chi connectivity index (χ4v) is 3.57. The maximum atomic E-state index is 5.83. The molecule has 3 aromatic rings. The minimum Gasteiger partial charge on any atom is -0.454 e. The van der Waals surface area contributed by atoms with E-state index in [1.54, 1.807) is 0 Å². The first-order valence-electron chi connectivity index (χ1n) is 9.48. The lowest BCUT2D eigenvalue weighted by Crippen LogP contribution is -2.36. The van der Waals surface area contributed by atoms with Crippen LogP contribution in [0.1, 0.15) is 24.8 Å². The predicted octanol–water partition coefficient (Wildman–Crippen LogP) is 3.59. The van der Waals surface area contributed by atoms with Crippen molar-refractivity contribution in [3.05, 3.63) is 54.4 Å². The molecule has 2 aliphatic heterocycles. The lowest BCUT2D eigenvalue weighted by molar-refractivity contribution is 0.174. The number of hydrogen-bond donors (Lipinski definition) is 0. The number of likely N-dealkylation sites (tertiary alicyclic amines) is 1. The topological polar surface area (TPSA) is 69.1 Å². The molecule has 0 N–H and O–H groups in total. The number of piperidine rings is 1. The quantitative estimate of drug-likeness (QED) is 0.395. The van der Waals surface area contributed by atoms with Crippen molar-refractivity contribution in [2.24, 2.45) is 5.16 Å². The average molecular weight is 376 g/mol. The van der Waals surface area contributed by atoms with Gasteiger partial charge in [-0.05, 0) is 49.6 Å². The van der Waals surface area contributed by atoms with Crippen molar-refractivity contribution >= 4 is 16.7 Å². The van der Waals surface area contributed by atoms with Crippen LogP contribution in [0.3, 0.4) is 0 Å². The molecule has 0 unspecified atom stereocenters. The van der Waals surface area contributed by atoms with Crippen molar-refractivity contribution in [1.82, 2.24) is 14.9 Å². The normalized spacial score (nSPS) is 16.4. The standard InChI is InChI=1S/C21H20N4O3/c1-4-10-25(11-5-1)20(15-8-9-18-19(12-15)27-14-26-18)24-28-21-16-6-2-3-7-17(16)22-13-23-21/h2-3,6-9,12-13H,1,4-5,10-11,14H2/b24-20-. The summed E-state index contributed by atoms with van der Waals surface area (Å²) in [6.07, 6.45) is 5.01. The summed E-state index contributed by atoms with van der Waals surface area (Å²) in [6.45, 7) is 2.14. The van der Waals surface area contributed by atoms with Gasteiger partial charge in [-0.25, -0.2) is 4.98 Å². The van der Waals surface area contributed by atoms with Crippen molar-refractivity contribution in [1.29, 1.82) is 0 Å². The van der Waals surface area contributed by atoms with Crippen molar-refractivity contribution < 1.29 is 14.3 Å². The average Bonchev–Trinajstić information content (AvgIpc) is 3.23. The number of benzene rings is 2. The number of nitrogens with zero attached hydrogens (tertiary/aromatic N) is 4. The summed E-state index contributed by atoms with van der Waals surface area (Å²) in [7, 11) is 0. The molecule has 0 amide bonds. The van der Waals surface area contributed by atoms with Crippen LogP contribution in [-0.4, -0.2) is 40.6 Å². The van der Waals surface area contributed by atoms with Crippen molar-refractivity contribution in [3.63, 3.8) is 0 Å². The van der Waals surface area contributed by atoms with Gasteiger partial charge in [0.25, 0.3) is 5.88 Å². The highest BCUT2D eigenvalue weighted by Crippen LogP contribution is 2.33. The van der Waals surface area contributed by atoms with Gasteiger partial charge in [0, 0.05) is 18.7 Å². The highest BCUT2D eigenvalue weighted by Gasteiger charge is 2.21. The van der Waals surface area contributed by atoms with Crippen LogP contribution in [-0.2, 0) is 0 Å². The van der Waals surface area contributed by atoms with E-state index in [0.717, 1.165) is 59.7 Å². The number of fused-ring (bicyclic) bond motifs is 2. The van der Waals surface area contributed by atoms with Gasteiger partial charge in [-0.15, -0.1) is 0 Å². The fraction of sp³-hybridized carbons (Fsp3) is 0.286. The highest BCUT2D eigenvalue weighted by atomic mass is 16.7. The molecule has 2 aliphatic rings. The van der Waals surface area contributed by atoms with E-state index < -0.39 is 0 Å². The Morgan fingerprint density at radius 3 is 2.75 bits per heavy atom. The van der Waals surface area contributed by atoms with Gasteiger partial charge in [0.2, 0.25) is 6.79 Å². The first kappa shape index (κ1) is 16.8. The molecule has 0 saturated carbocycles. The largest absolute Gasteiger partial charge is 0.454 e. The third-order valence-electron chi connectivity index (χ3n) is 5.01. The van der Waals surface area contributed by atoms with Crippen LogP contribution in [0.4, 0.5) is 0 Å². The molecule has 28 heavy (non-hydrogen) atoms. The molecule has 5 rings (SSSR count). The van der Waals surface area contributed by atoms with Crippen molar-refractivity contribution in [2.75, 3.05) is 19.9 Å². The minimum atomic E-state index is 0.248. The molecule has 1 aromatic heterocycles. The van der Waals surface area contributed by atoms with Crippen LogP contribution in [0.2, 0.25) is 0 Å². The second-order valence-corrected chi connectivity index (χ2v) is 6.82. The molecule has 0 atom stereocenters. The maximum Gasteiger partial charge on any atom is 0.259 e. The van der Waals surface area contributed by atoms with Crippen LogP contribution in [0.25, 0.3) is 10.9 Å². The Labute approximate surface area is 162 Å². The Hall–Kier alpha value is -3.35. The van der Waals surface area contributed by atoms with Gasteiger partial charge in [-0.3, -0.25) is 0 Å². The molecule has 142 valence electrons. The number of ether oxygens (including phenoxy) is 2. The smallest absolute Gasteiger partial charge is 0.259 e. The van der Waals surface area contributed by atoms with E-state index in [9.17, 15) is 0 Å². The first-order chi connectivity index (χ1) is 13.9. The number of amidine groups is 1. The second kappa shape index (κ2) is 7.34. The van der Waals surface area contributed by atoms with Gasteiger partial charge in [0.05, 0.1) is 10.9 Å². The summed E-state index contributed by atoms with van der Waals surface area (Å²) < 4.78 is 11.0. The van der Waals surface area contributed by atoms with Gasteiger partial charge >= 0.3 is 0 Å². The molecule has 0 aliphatic carbocycles. The minimum absolute atomic E-state index is 0.248. The SMILES string of the molecule is c1ccc2c(O/N=C(/c3ccc4c(c3)OCO4)N3CCCCC3)ncnc2c1. The predicted molar refractivity (Wildman–Crippen MR) is 105 cm³/mol. The molecule has 7 heteroatoms. The van der Waals surface area contributed by atoms with Crippen molar-refractivity contribution in [2.45, 2.75) is 19.3 Å². The van der Waals surface area contributed by atoms with Crippen LogP contribution >= 0.6 is 0 Å². The summed E-state index contributed by atoms with van der Waals surface area (Å²) in [5.74, 6) is 2.71. The van der Waals surface area contributed by atoms with Crippen LogP contribution in [0.15, 0.2) is 53.9 Å². The second-order valence-electron chi connectivity index (χ2n) is 6.82. The maximum absolute atomic E-state index is 5.83. The van der Waals surface area contributed by atoms with E-state index in [1.165, 1.54) is 12.7 Å². The third kappa shape index (κ3) is 3.19. The van der Waals surface area contributed by atoms with Gasteiger partial charge < -0.3 is 19.2 Å². The van der Waals surface area contributed by atoms with Crippen LogP contribution in [0.5, 0.6) is 17.4 Å². The molecule has 1 fully saturated rings. The fourth-order valence-electron chi connectivity index (χ4n) is 3.57. The summed E-state index contributed by atoms with van der Waals surface area (Å²) in [6, 6.07) is 13.6. The Morgan fingerprint density at radius 1 is 0.964 bits per heavy atom. The molecule has 3 heterocycles. The zero-order chi connectivity index (χ0) is 18.8. The van der Waals surface area contributed by atoms with E-state index >= 15 is 0 Å². The van der Waals surface area contributed by atoms with Crippen molar-refractivity contribution in [3.8, 4) is 17.4 Å². The Balaban J connectivity index is 1.52. The lowest BCUT2D eigenvalue weighted by Gasteiger charge is -2.29. The molecular weight excluding hydrogens is 356 g/mol. The lowest BCUT2D eigenvalue weighted by atomic mass is 10.1. The van der Waals surface area contributed by atoms with E-state index in [1.807, 2.05) is 42.5 Å². The zero-order valence-corrected chi connectivity index (χ0v) is 15.4. The van der Waals surface area contributed by atoms with Gasteiger partial charge in [-0.2, -0.15) is 4.98 Å². The van der Waals surface area contributed by atoms with E-state index in [2.05, 4.69) is 20.0 Å². The number of rotatable bonds is 3. The summed E-state index contributed by atoms with van der Waals surface area (Å²) in [5.41, 5.74) is 1.76. The third-order valence-corrected chi connectivity index (χ3v) is 5.01. The molecule has 0 radical (unpaired) electrons. The zero-order valence-electron chi connectivity index (χ0n) is 15.4. The van der Waals surface area contributed by atoms with E-state index in [-0.39, 0.29) is 6.79 Å². The molecule has 7 nitrogen and oxygen atoms in total. The Bertz CT molecular complexity index is 1030. The first-order valence-corrected chi connectivity index (χ1v) is 9.48. The van der Waals surface area contributed by atoms with Gasteiger partial charge in [0.1, 0.15) is 6.33 Å². The molecule has 0 spiro atoms. The Morgan fingerprint density at radius 2 is 1.82 bits per heavy atom. The number of hydrogen-bond acceptors (Lipinski definition) is 6. The number of aromatic nitrogens is 2. The highest BCUT2D eigenvalue weighted by molar-refractivity contribution is 5.99. The van der Waals surface area contributed by atoms with E-state index in [4.69, 9.17) is 14.3 Å². The molecule has 1 saturated heterocycles. The molecule has 0 bridgehead atoms. The molecule has 2 aromatic carbocycles. The summed E-state index contributed by atoms with van der Waals surface area (Å²) in [5, 5.41) is 5.35. The summed E-state index contributed by atoms with van der Waals surface area (Å²) >= 11 is 0. The van der Waals surface area contributed by atoms with Crippen LogP contribution < -0.4 is 14.3 Å². The monoisotopic (exact) mass is 376 g/mol. The molecular formula is C21H20N4O3. The number of oxime groups is 1. The summed E-state index contributed by atoms with van der Waals surface area (Å²) in [4.78, 5) is 16.6. The van der Waals surface area contributed by atoms with Crippen LogP contribution in [0, 0.1) is 0 Å². The van der Waals surface area contributed by atoms with E-state index in [0.29, 0.717) is 5.88 Å². The number of para-hydroxylation sites is 1. The Kier molecular flexibility index (Phi) is 4.40. The van der Waals surface area contributed by atoms with Gasteiger partial charge in [-0.1, -0.05) is 17.3 Å². The van der Waals surface area contributed by atoms with Gasteiger partial charge in [0.15, 0.2) is 17.3 Å².